The molecule has 4 rings (SSSR count). The topological polar surface area (TPSA) is 75.0 Å². The van der Waals surface area contributed by atoms with E-state index in [2.05, 4.69) is 33.7 Å². The predicted molar refractivity (Wildman–Crippen MR) is 133 cm³/mol. The number of hydrogen-bond donors (Lipinski definition) is 1. The Kier molecular flexibility index (Phi) is 8.73. The third kappa shape index (κ3) is 5.98. The third-order valence-corrected chi connectivity index (χ3v) is 6.57. The van der Waals surface area contributed by atoms with Gasteiger partial charge in [0.25, 0.3) is 0 Å². The maximum Gasteiger partial charge on any atom is 0.224 e. The molecule has 0 aromatic carbocycles. The number of ether oxygens (including phenoxy) is 1. The van der Waals surface area contributed by atoms with E-state index < -0.39 is 0 Å². The van der Waals surface area contributed by atoms with Gasteiger partial charge in [-0.25, -0.2) is 0 Å². The molecule has 0 spiro atoms. The second kappa shape index (κ2) is 11.3. The highest BCUT2D eigenvalue weighted by atomic mass is 127. The number of hydrogen-bond acceptors (Lipinski definition) is 5. The molecule has 1 saturated heterocycles. The molecule has 8 nitrogen and oxygen atoms in total. The molecule has 2 aliphatic rings. The molecule has 2 aromatic heterocycles. The first-order valence-electron chi connectivity index (χ1n) is 10.6. The second-order valence-electron chi connectivity index (χ2n) is 7.67. The molecule has 170 valence electrons. The molecular formula is C21H31IN6O2S. The number of fused-ring (bicyclic) bond motifs is 1. The first-order valence-corrected chi connectivity index (χ1v) is 11.5. The quantitative estimate of drug-likeness (QED) is 0.347. The van der Waals surface area contributed by atoms with Crippen molar-refractivity contribution in [1.29, 1.82) is 0 Å². The lowest BCUT2D eigenvalue weighted by molar-refractivity contribution is -0.131. The summed E-state index contributed by atoms with van der Waals surface area (Å²) in [5, 5.41) is 9.74. The van der Waals surface area contributed by atoms with Gasteiger partial charge >= 0.3 is 0 Å². The molecule has 1 fully saturated rings. The molecule has 1 atom stereocenters. The Morgan fingerprint density at radius 2 is 2.26 bits per heavy atom. The van der Waals surface area contributed by atoms with E-state index in [-0.39, 0.29) is 36.0 Å². The van der Waals surface area contributed by atoms with Gasteiger partial charge in [0, 0.05) is 56.3 Å². The number of aliphatic imine (C=N–C) groups is 1. The van der Waals surface area contributed by atoms with Crippen LogP contribution in [0.15, 0.2) is 28.8 Å². The lowest BCUT2D eigenvalue weighted by Gasteiger charge is -2.34. The van der Waals surface area contributed by atoms with Gasteiger partial charge in [0.2, 0.25) is 5.91 Å². The number of rotatable bonds is 5. The first kappa shape index (κ1) is 24.0. The van der Waals surface area contributed by atoms with Gasteiger partial charge in [-0.15, -0.1) is 35.3 Å². The SMILES string of the molecule is CCNC(=NCCC(=O)N1CCc2sccc2C1)N1CCOC(c2cnn(C)c2)C1.I. The Hall–Kier alpha value is -1.66. The van der Waals surface area contributed by atoms with Crippen LogP contribution in [0.2, 0.25) is 0 Å². The normalized spacial score (nSPS) is 19.0. The highest BCUT2D eigenvalue weighted by molar-refractivity contribution is 14.0. The molecule has 2 aliphatic heterocycles. The molecule has 4 heterocycles. The number of aryl methyl sites for hydroxylation is 1. The Labute approximate surface area is 204 Å². The Morgan fingerprint density at radius 3 is 3.03 bits per heavy atom. The van der Waals surface area contributed by atoms with Gasteiger partial charge in [0.05, 0.1) is 25.9 Å². The van der Waals surface area contributed by atoms with Crippen molar-refractivity contribution in [2.24, 2.45) is 12.0 Å². The fraction of sp³-hybridized carbons (Fsp3) is 0.571. The molecular weight excluding hydrogens is 527 g/mol. The van der Waals surface area contributed by atoms with Crippen LogP contribution in [0, 0.1) is 0 Å². The van der Waals surface area contributed by atoms with E-state index in [1.807, 2.05) is 24.3 Å². The van der Waals surface area contributed by atoms with Crippen LogP contribution < -0.4 is 5.32 Å². The molecule has 0 bridgehead atoms. The van der Waals surface area contributed by atoms with Crippen molar-refractivity contribution in [3.8, 4) is 0 Å². The average molecular weight is 558 g/mol. The monoisotopic (exact) mass is 558 g/mol. The van der Waals surface area contributed by atoms with E-state index in [4.69, 9.17) is 9.73 Å². The summed E-state index contributed by atoms with van der Waals surface area (Å²) in [5.74, 6) is 1.03. The molecule has 1 amide bonds. The molecule has 10 heteroatoms. The molecule has 0 aliphatic carbocycles. The van der Waals surface area contributed by atoms with Gasteiger partial charge < -0.3 is 19.9 Å². The summed E-state index contributed by atoms with van der Waals surface area (Å²) in [4.78, 5) is 23.0. The Morgan fingerprint density at radius 1 is 1.39 bits per heavy atom. The number of guanidine groups is 1. The Balaban J connectivity index is 0.00000272. The molecule has 0 saturated carbocycles. The minimum Gasteiger partial charge on any atom is -0.370 e. The minimum absolute atomic E-state index is 0. The number of thiophene rings is 1. The fourth-order valence-corrected chi connectivity index (χ4v) is 4.84. The van der Waals surface area contributed by atoms with E-state index in [9.17, 15) is 4.79 Å². The first-order chi connectivity index (χ1) is 14.6. The number of aromatic nitrogens is 2. The van der Waals surface area contributed by atoms with Crippen molar-refractivity contribution < 1.29 is 9.53 Å². The van der Waals surface area contributed by atoms with Gasteiger partial charge in [0.1, 0.15) is 6.10 Å². The van der Waals surface area contributed by atoms with E-state index in [1.54, 1.807) is 16.0 Å². The lowest BCUT2D eigenvalue weighted by atomic mass is 10.1. The van der Waals surface area contributed by atoms with Crippen molar-refractivity contribution in [3.05, 3.63) is 39.8 Å². The number of amides is 1. The Bertz CT molecular complexity index is 898. The molecule has 31 heavy (non-hydrogen) atoms. The van der Waals surface area contributed by atoms with Gasteiger partial charge in [-0.1, -0.05) is 0 Å². The van der Waals surface area contributed by atoms with Crippen molar-refractivity contribution in [1.82, 2.24) is 24.9 Å². The van der Waals surface area contributed by atoms with Crippen LogP contribution >= 0.6 is 35.3 Å². The van der Waals surface area contributed by atoms with Gasteiger partial charge in [-0.05, 0) is 30.4 Å². The summed E-state index contributed by atoms with van der Waals surface area (Å²) in [5.41, 5.74) is 2.37. The highest BCUT2D eigenvalue weighted by Crippen LogP contribution is 2.24. The van der Waals surface area contributed by atoms with Crippen LogP contribution in [0.5, 0.6) is 0 Å². The summed E-state index contributed by atoms with van der Waals surface area (Å²) in [7, 11) is 1.91. The largest absolute Gasteiger partial charge is 0.370 e. The smallest absolute Gasteiger partial charge is 0.224 e. The summed E-state index contributed by atoms with van der Waals surface area (Å²) in [6, 6.07) is 2.14. The number of nitrogens with zero attached hydrogens (tertiary/aromatic N) is 5. The van der Waals surface area contributed by atoms with Crippen molar-refractivity contribution in [2.75, 3.05) is 39.3 Å². The number of carbonyl (C=O) groups is 1. The maximum absolute atomic E-state index is 12.7. The van der Waals surface area contributed by atoms with Crippen LogP contribution in [0.3, 0.4) is 0 Å². The van der Waals surface area contributed by atoms with Gasteiger partial charge in [-0.3, -0.25) is 14.5 Å². The van der Waals surface area contributed by atoms with Gasteiger partial charge in [-0.2, -0.15) is 5.10 Å². The summed E-state index contributed by atoms with van der Waals surface area (Å²) in [6.45, 7) is 7.02. The third-order valence-electron chi connectivity index (χ3n) is 5.55. The summed E-state index contributed by atoms with van der Waals surface area (Å²) < 4.78 is 7.74. The minimum atomic E-state index is -0.0221. The second-order valence-corrected chi connectivity index (χ2v) is 8.67. The van der Waals surface area contributed by atoms with E-state index in [0.717, 1.165) is 50.7 Å². The highest BCUT2D eigenvalue weighted by Gasteiger charge is 2.25. The number of nitrogens with one attached hydrogen (secondary N) is 1. The number of carbonyl (C=O) groups excluding carboxylic acids is 1. The standard InChI is InChI=1S/C21H30N6O2S.HI/c1-3-22-21(27-9-10-29-18(15-27)17-12-24-25(2)13-17)23-7-4-20(28)26-8-5-19-16(14-26)6-11-30-19;/h6,11-13,18H,3-5,7-10,14-15H2,1-2H3,(H,22,23);1H. The van der Waals surface area contributed by atoms with E-state index in [0.29, 0.717) is 19.6 Å². The molecule has 1 unspecified atom stereocenters. The van der Waals surface area contributed by atoms with E-state index >= 15 is 0 Å². The van der Waals surface area contributed by atoms with Crippen LogP contribution in [0.25, 0.3) is 0 Å². The van der Waals surface area contributed by atoms with Crippen LogP contribution in [0.1, 0.15) is 35.5 Å². The molecule has 1 N–H and O–H groups in total. The van der Waals surface area contributed by atoms with Gasteiger partial charge in [0.15, 0.2) is 5.96 Å². The van der Waals surface area contributed by atoms with Crippen molar-refractivity contribution in [2.45, 2.75) is 32.4 Å². The van der Waals surface area contributed by atoms with Crippen LogP contribution in [0.4, 0.5) is 0 Å². The zero-order valence-corrected chi connectivity index (χ0v) is 21.3. The molecule has 0 radical (unpaired) electrons. The average Bonchev–Trinajstić information content (AvgIpc) is 3.41. The lowest BCUT2D eigenvalue weighted by Crippen LogP contribution is -2.48. The van der Waals surface area contributed by atoms with Crippen molar-refractivity contribution >= 4 is 47.2 Å². The van der Waals surface area contributed by atoms with E-state index in [1.165, 1.54) is 10.4 Å². The zero-order chi connectivity index (χ0) is 20.9. The number of halogens is 1. The number of morpholine rings is 1. The summed E-state index contributed by atoms with van der Waals surface area (Å²) in [6.07, 6.45) is 5.23. The van der Waals surface area contributed by atoms with Crippen LogP contribution in [-0.4, -0.2) is 70.8 Å². The fourth-order valence-electron chi connectivity index (χ4n) is 3.95. The maximum atomic E-state index is 12.7. The van der Waals surface area contributed by atoms with Crippen LogP contribution in [-0.2, 0) is 29.5 Å². The van der Waals surface area contributed by atoms with Crippen molar-refractivity contribution in [3.63, 3.8) is 0 Å². The zero-order valence-electron chi connectivity index (χ0n) is 18.1. The molecule has 2 aromatic rings. The summed E-state index contributed by atoms with van der Waals surface area (Å²) >= 11 is 1.79. The predicted octanol–water partition coefficient (Wildman–Crippen LogP) is 2.41.